The van der Waals surface area contributed by atoms with Crippen LogP contribution < -0.4 is 4.90 Å². The van der Waals surface area contributed by atoms with Crippen LogP contribution in [-0.4, -0.2) is 17.1 Å². The number of aromatic nitrogens is 1. The van der Waals surface area contributed by atoms with Gasteiger partial charge in [-0.25, -0.2) is 9.37 Å². The minimum atomic E-state index is -0.275. The number of nitrogens with zero attached hydrogens (tertiary/aromatic N) is 2. The summed E-state index contributed by atoms with van der Waals surface area (Å²) >= 11 is 1.41. The van der Waals surface area contributed by atoms with Crippen molar-refractivity contribution in [2.24, 2.45) is 0 Å². The Kier molecular flexibility index (Phi) is 4.50. The molecule has 0 aliphatic rings. The molecule has 19 heavy (non-hydrogen) atoms. The smallest absolute Gasteiger partial charge is 0.190 e. The van der Waals surface area contributed by atoms with Crippen LogP contribution in [0.25, 0.3) is 0 Å². The number of aliphatic hydroxyl groups excluding tert-OH is 1. The second kappa shape index (κ2) is 6.12. The molecule has 0 saturated heterocycles. The number of hydrogen-bond donors (Lipinski definition) is 1. The lowest BCUT2D eigenvalue weighted by Crippen LogP contribution is -2.10. The number of hydrogen-bond acceptors (Lipinski definition) is 4. The quantitative estimate of drug-likeness (QED) is 0.910. The van der Waals surface area contributed by atoms with E-state index in [4.69, 9.17) is 0 Å². The van der Waals surface area contributed by atoms with Gasteiger partial charge in [-0.15, -0.1) is 0 Å². The minimum Gasteiger partial charge on any atom is -0.391 e. The Morgan fingerprint density at radius 2 is 2.11 bits per heavy atom. The summed E-state index contributed by atoms with van der Waals surface area (Å²) in [6, 6.07) is 6.60. The molecular formula is C14H17FN2OS. The van der Waals surface area contributed by atoms with Crippen LogP contribution in [0.1, 0.15) is 23.9 Å². The maximum atomic E-state index is 13.7. The summed E-state index contributed by atoms with van der Waals surface area (Å²) in [7, 11) is 1.79. The Labute approximate surface area is 116 Å². The molecule has 1 aromatic carbocycles. The molecule has 0 atom stereocenters. The van der Waals surface area contributed by atoms with Crippen molar-refractivity contribution in [2.45, 2.75) is 26.4 Å². The molecule has 0 spiro atoms. The molecular weight excluding hydrogens is 263 g/mol. The van der Waals surface area contributed by atoms with E-state index < -0.39 is 0 Å². The van der Waals surface area contributed by atoms with E-state index in [2.05, 4.69) is 11.9 Å². The van der Waals surface area contributed by atoms with Crippen molar-refractivity contribution in [1.82, 2.24) is 4.98 Å². The summed E-state index contributed by atoms with van der Waals surface area (Å²) in [5, 5.41) is 10.0. The fourth-order valence-electron chi connectivity index (χ4n) is 1.90. The zero-order valence-electron chi connectivity index (χ0n) is 11.1. The van der Waals surface area contributed by atoms with Gasteiger partial charge in [0.25, 0.3) is 0 Å². The van der Waals surface area contributed by atoms with E-state index in [0.717, 1.165) is 23.4 Å². The summed E-state index contributed by atoms with van der Waals surface area (Å²) < 4.78 is 13.7. The van der Waals surface area contributed by atoms with Crippen molar-refractivity contribution >= 4 is 22.2 Å². The number of rotatable bonds is 5. The number of aryl methyl sites for hydroxylation is 1. The molecule has 0 bridgehead atoms. The predicted molar refractivity (Wildman–Crippen MR) is 76.5 cm³/mol. The second-order valence-corrected chi connectivity index (χ2v) is 5.35. The summed E-state index contributed by atoms with van der Waals surface area (Å²) in [6.45, 7) is 2.05. The Hall–Kier alpha value is -1.46. The lowest BCUT2D eigenvalue weighted by Gasteiger charge is -2.16. The van der Waals surface area contributed by atoms with Crippen LogP contribution in [0.4, 0.5) is 15.2 Å². The first-order valence-corrected chi connectivity index (χ1v) is 7.06. The van der Waals surface area contributed by atoms with Gasteiger partial charge in [-0.05, 0) is 18.6 Å². The zero-order chi connectivity index (χ0) is 13.8. The third-order valence-electron chi connectivity index (χ3n) is 2.90. The molecule has 2 rings (SSSR count). The molecule has 1 heterocycles. The van der Waals surface area contributed by atoms with E-state index in [1.165, 1.54) is 17.4 Å². The van der Waals surface area contributed by atoms with Gasteiger partial charge < -0.3 is 10.0 Å². The fourth-order valence-corrected chi connectivity index (χ4v) is 2.84. The Morgan fingerprint density at radius 1 is 1.37 bits per heavy atom. The normalized spacial score (nSPS) is 10.7. The summed E-state index contributed by atoms with van der Waals surface area (Å²) in [4.78, 5) is 7.09. The minimum absolute atomic E-state index is 0.0158. The molecule has 0 radical (unpaired) electrons. The van der Waals surface area contributed by atoms with Gasteiger partial charge in [0.2, 0.25) is 0 Å². The van der Waals surface area contributed by atoms with Gasteiger partial charge in [0.05, 0.1) is 22.9 Å². The highest BCUT2D eigenvalue weighted by Gasteiger charge is 2.16. The fraction of sp³-hybridized carbons (Fsp3) is 0.357. The average Bonchev–Trinajstić information content (AvgIpc) is 2.82. The molecule has 0 aliphatic heterocycles. The maximum absolute atomic E-state index is 13.7. The first kappa shape index (κ1) is 14.0. The van der Waals surface area contributed by atoms with Gasteiger partial charge in [-0.3, -0.25) is 0 Å². The summed E-state index contributed by atoms with van der Waals surface area (Å²) in [5.41, 5.74) is 1.40. The number of anilines is 2. The topological polar surface area (TPSA) is 36.4 Å². The highest BCUT2D eigenvalue weighted by atomic mass is 32.1. The van der Waals surface area contributed by atoms with Crippen LogP contribution in [0.5, 0.6) is 0 Å². The van der Waals surface area contributed by atoms with E-state index in [-0.39, 0.29) is 12.4 Å². The number of benzene rings is 1. The van der Waals surface area contributed by atoms with E-state index in [9.17, 15) is 9.50 Å². The summed E-state index contributed by atoms with van der Waals surface area (Å²) in [6.07, 6.45) is 1.80. The molecule has 2 aromatic rings. The molecule has 0 unspecified atom stereocenters. The summed E-state index contributed by atoms with van der Waals surface area (Å²) in [5.74, 6) is -0.275. The van der Waals surface area contributed by atoms with Crippen LogP contribution in [0.15, 0.2) is 24.3 Å². The largest absolute Gasteiger partial charge is 0.391 e. The van der Waals surface area contributed by atoms with Crippen molar-refractivity contribution < 1.29 is 9.50 Å². The van der Waals surface area contributed by atoms with Gasteiger partial charge in [0.1, 0.15) is 5.82 Å². The maximum Gasteiger partial charge on any atom is 0.190 e. The molecule has 1 N–H and O–H groups in total. The van der Waals surface area contributed by atoms with Crippen molar-refractivity contribution in [2.75, 3.05) is 11.9 Å². The van der Waals surface area contributed by atoms with Crippen molar-refractivity contribution in [1.29, 1.82) is 0 Å². The number of halogens is 1. The number of aliphatic hydroxyl groups is 1. The molecule has 0 amide bonds. The van der Waals surface area contributed by atoms with Crippen molar-refractivity contribution in [3.05, 3.63) is 40.7 Å². The Bertz CT molecular complexity index is 556. The number of para-hydroxylation sites is 1. The third kappa shape index (κ3) is 2.93. The predicted octanol–water partition coefficient (Wildman–Crippen LogP) is 3.49. The number of thiazole rings is 1. The van der Waals surface area contributed by atoms with Crippen LogP contribution in [0, 0.1) is 5.82 Å². The van der Waals surface area contributed by atoms with Crippen LogP contribution in [0.2, 0.25) is 0 Å². The van der Waals surface area contributed by atoms with Gasteiger partial charge in [-0.2, -0.15) is 0 Å². The first-order valence-electron chi connectivity index (χ1n) is 6.25. The molecule has 0 saturated carbocycles. The Morgan fingerprint density at radius 3 is 2.74 bits per heavy atom. The van der Waals surface area contributed by atoms with Gasteiger partial charge in [-0.1, -0.05) is 36.8 Å². The molecule has 0 aliphatic carbocycles. The lowest BCUT2D eigenvalue weighted by molar-refractivity contribution is 0.284. The van der Waals surface area contributed by atoms with Crippen LogP contribution >= 0.6 is 11.3 Å². The van der Waals surface area contributed by atoms with Crippen molar-refractivity contribution in [3.8, 4) is 0 Å². The SMILES string of the molecule is CCCc1nc(N(C)c2ccccc2F)sc1CO. The highest BCUT2D eigenvalue weighted by Crippen LogP contribution is 2.32. The van der Waals surface area contributed by atoms with Crippen LogP contribution in [0.3, 0.4) is 0 Å². The standard InChI is InChI=1S/C14H17FN2OS/c1-3-6-11-13(9-18)19-14(16-11)17(2)12-8-5-4-7-10(12)15/h4-5,7-8,18H,3,6,9H2,1-2H3. The van der Waals surface area contributed by atoms with E-state index in [0.29, 0.717) is 10.8 Å². The molecule has 5 heteroatoms. The highest BCUT2D eigenvalue weighted by molar-refractivity contribution is 7.15. The molecule has 0 fully saturated rings. The second-order valence-electron chi connectivity index (χ2n) is 4.28. The van der Waals surface area contributed by atoms with Crippen molar-refractivity contribution in [3.63, 3.8) is 0 Å². The third-order valence-corrected chi connectivity index (χ3v) is 4.06. The lowest BCUT2D eigenvalue weighted by atomic mass is 10.2. The molecule has 1 aromatic heterocycles. The van der Waals surface area contributed by atoms with E-state index in [1.54, 1.807) is 30.1 Å². The Balaban J connectivity index is 2.34. The van der Waals surface area contributed by atoms with E-state index >= 15 is 0 Å². The van der Waals surface area contributed by atoms with Gasteiger partial charge >= 0.3 is 0 Å². The zero-order valence-corrected chi connectivity index (χ0v) is 11.9. The molecule has 102 valence electrons. The van der Waals surface area contributed by atoms with E-state index in [1.807, 2.05) is 0 Å². The van der Waals surface area contributed by atoms with Crippen LogP contribution in [-0.2, 0) is 13.0 Å². The first-order chi connectivity index (χ1) is 9.17. The molecule has 3 nitrogen and oxygen atoms in total. The van der Waals surface area contributed by atoms with Gasteiger partial charge in [0, 0.05) is 7.05 Å². The average molecular weight is 280 g/mol. The van der Waals surface area contributed by atoms with Gasteiger partial charge in [0.15, 0.2) is 5.13 Å². The monoisotopic (exact) mass is 280 g/mol.